The van der Waals surface area contributed by atoms with Crippen LogP contribution in [-0.4, -0.2) is 49.7 Å². The number of piperidine rings is 1. The lowest BCUT2D eigenvalue weighted by Crippen LogP contribution is -2.38. The van der Waals surface area contributed by atoms with Gasteiger partial charge in [0.2, 0.25) is 10.0 Å². The van der Waals surface area contributed by atoms with Gasteiger partial charge < -0.3 is 4.90 Å². The van der Waals surface area contributed by atoms with Gasteiger partial charge in [0.15, 0.2) is 0 Å². The molecule has 0 bridgehead atoms. The molecule has 0 spiro atoms. The maximum atomic E-state index is 11.9. The molecular weight excluding hydrogens is 252 g/mol. The summed E-state index contributed by atoms with van der Waals surface area (Å²) in [5.41, 5.74) is 0. The van der Waals surface area contributed by atoms with Gasteiger partial charge in [0.05, 0.1) is 6.20 Å². The molecule has 2 rings (SSSR count). The van der Waals surface area contributed by atoms with E-state index in [0.29, 0.717) is 12.5 Å². The molecule has 2 N–H and O–H groups in total. The summed E-state index contributed by atoms with van der Waals surface area (Å²) in [5, 5.41) is 6.16. The van der Waals surface area contributed by atoms with E-state index in [2.05, 4.69) is 26.7 Å². The lowest BCUT2D eigenvalue weighted by Gasteiger charge is -2.30. The van der Waals surface area contributed by atoms with Crippen molar-refractivity contribution in [2.24, 2.45) is 5.92 Å². The van der Waals surface area contributed by atoms with E-state index >= 15 is 0 Å². The van der Waals surface area contributed by atoms with Gasteiger partial charge in [-0.05, 0) is 38.4 Å². The number of likely N-dealkylation sites (tertiary alicyclic amines) is 1. The summed E-state index contributed by atoms with van der Waals surface area (Å²) in [6.45, 7) is 5.88. The normalized spacial score (nSPS) is 19.2. The highest BCUT2D eigenvalue weighted by Crippen LogP contribution is 2.16. The number of hydrogen-bond acceptors (Lipinski definition) is 4. The third-order valence-corrected chi connectivity index (χ3v) is 4.89. The maximum Gasteiger partial charge on any atom is 0.243 e. The Bertz CT molecular complexity index is 449. The summed E-state index contributed by atoms with van der Waals surface area (Å²) in [4.78, 5) is 2.59. The lowest BCUT2D eigenvalue weighted by molar-refractivity contribution is 0.194. The number of H-pyrrole nitrogens is 1. The Morgan fingerprint density at radius 2 is 2.22 bits per heavy atom. The minimum atomic E-state index is -3.39. The van der Waals surface area contributed by atoms with Crippen LogP contribution in [0.3, 0.4) is 0 Å². The third kappa shape index (κ3) is 3.30. The molecule has 1 aromatic heterocycles. The van der Waals surface area contributed by atoms with E-state index in [1.807, 2.05) is 0 Å². The van der Waals surface area contributed by atoms with Crippen LogP contribution in [-0.2, 0) is 10.0 Å². The fourth-order valence-electron chi connectivity index (χ4n) is 2.20. The molecule has 1 fully saturated rings. The van der Waals surface area contributed by atoms with Gasteiger partial charge in [-0.3, -0.25) is 5.10 Å². The summed E-state index contributed by atoms with van der Waals surface area (Å²) >= 11 is 0. The van der Waals surface area contributed by atoms with Crippen LogP contribution in [0.2, 0.25) is 0 Å². The molecule has 1 aromatic rings. The highest BCUT2D eigenvalue weighted by molar-refractivity contribution is 7.89. The van der Waals surface area contributed by atoms with Gasteiger partial charge in [0.25, 0.3) is 0 Å². The van der Waals surface area contributed by atoms with Crippen LogP contribution >= 0.6 is 0 Å². The molecule has 0 saturated carbocycles. The Balaban J connectivity index is 1.82. The first-order chi connectivity index (χ1) is 8.62. The van der Waals surface area contributed by atoms with Crippen LogP contribution in [0.5, 0.6) is 0 Å². The Kier molecular flexibility index (Phi) is 4.36. The quantitative estimate of drug-likeness (QED) is 0.814. The lowest BCUT2D eigenvalue weighted by atomic mass is 9.97. The SMILES string of the molecule is CCN1CCC(CNS(=O)(=O)c2cn[nH]c2)CC1. The van der Waals surface area contributed by atoms with Crippen molar-refractivity contribution in [1.29, 1.82) is 0 Å². The fourth-order valence-corrected chi connectivity index (χ4v) is 3.22. The molecule has 2 heterocycles. The molecule has 0 unspecified atom stereocenters. The molecule has 18 heavy (non-hydrogen) atoms. The Hall–Kier alpha value is -0.920. The van der Waals surface area contributed by atoms with E-state index < -0.39 is 10.0 Å². The molecule has 1 aliphatic rings. The Morgan fingerprint density at radius 3 is 2.78 bits per heavy atom. The van der Waals surface area contributed by atoms with Crippen LogP contribution in [0.1, 0.15) is 19.8 Å². The number of nitrogens with one attached hydrogen (secondary N) is 2. The van der Waals surface area contributed by atoms with Crippen LogP contribution in [0.15, 0.2) is 17.3 Å². The average molecular weight is 272 g/mol. The third-order valence-electron chi connectivity index (χ3n) is 3.50. The summed E-state index contributed by atoms with van der Waals surface area (Å²) in [6, 6.07) is 0. The van der Waals surface area contributed by atoms with E-state index in [1.54, 1.807) is 0 Å². The second-order valence-corrected chi connectivity index (χ2v) is 6.43. The second-order valence-electron chi connectivity index (χ2n) is 4.66. The number of sulfonamides is 1. The predicted molar refractivity (Wildman–Crippen MR) is 68.6 cm³/mol. The summed E-state index contributed by atoms with van der Waals surface area (Å²) in [5.74, 6) is 0.439. The number of aromatic amines is 1. The van der Waals surface area contributed by atoms with Gasteiger partial charge in [-0.2, -0.15) is 5.10 Å². The molecule has 1 saturated heterocycles. The van der Waals surface area contributed by atoms with Crippen LogP contribution < -0.4 is 4.72 Å². The van der Waals surface area contributed by atoms with Crippen molar-refractivity contribution >= 4 is 10.0 Å². The van der Waals surface area contributed by atoms with Gasteiger partial charge in [-0.15, -0.1) is 0 Å². The fraction of sp³-hybridized carbons (Fsp3) is 0.727. The molecule has 0 aliphatic carbocycles. The van der Waals surface area contributed by atoms with Gasteiger partial charge in [-0.25, -0.2) is 13.1 Å². The zero-order valence-corrected chi connectivity index (χ0v) is 11.4. The molecule has 0 amide bonds. The van der Waals surface area contributed by atoms with Crippen molar-refractivity contribution < 1.29 is 8.42 Å². The van der Waals surface area contributed by atoms with Gasteiger partial charge >= 0.3 is 0 Å². The van der Waals surface area contributed by atoms with E-state index in [9.17, 15) is 8.42 Å². The Labute approximate surface area is 108 Å². The smallest absolute Gasteiger partial charge is 0.243 e. The van der Waals surface area contributed by atoms with Crippen molar-refractivity contribution in [3.63, 3.8) is 0 Å². The predicted octanol–water partition coefficient (Wildman–Crippen LogP) is 0.420. The molecule has 0 radical (unpaired) electrons. The van der Waals surface area contributed by atoms with Gasteiger partial charge in [0.1, 0.15) is 4.90 Å². The van der Waals surface area contributed by atoms with Crippen molar-refractivity contribution in [2.75, 3.05) is 26.2 Å². The molecule has 102 valence electrons. The Morgan fingerprint density at radius 1 is 1.50 bits per heavy atom. The summed E-state index contributed by atoms with van der Waals surface area (Å²) in [6.07, 6.45) is 4.83. The van der Waals surface area contributed by atoms with Crippen LogP contribution in [0, 0.1) is 5.92 Å². The largest absolute Gasteiger partial charge is 0.304 e. The van der Waals surface area contributed by atoms with E-state index in [4.69, 9.17) is 0 Å². The van der Waals surface area contributed by atoms with Crippen LogP contribution in [0.4, 0.5) is 0 Å². The number of nitrogens with zero attached hydrogens (tertiary/aromatic N) is 2. The number of aromatic nitrogens is 2. The first kappa shape index (κ1) is 13.5. The van der Waals surface area contributed by atoms with E-state index in [-0.39, 0.29) is 4.90 Å². The molecule has 1 aliphatic heterocycles. The van der Waals surface area contributed by atoms with Crippen molar-refractivity contribution in [3.8, 4) is 0 Å². The topological polar surface area (TPSA) is 78.1 Å². The molecule has 0 atom stereocenters. The molecule has 6 nitrogen and oxygen atoms in total. The highest BCUT2D eigenvalue weighted by atomic mass is 32.2. The van der Waals surface area contributed by atoms with E-state index in [1.165, 1.54) is 12.4 Å². The molecule has 7 heteroatoms. The van der Waals surface area contributed by atoms with E-state index in [0.717, 1.165) is 32.5 Å². The summed E-state index contributed by atoms with van der Waals surface area (Å²) < 4.78 is 26.4. The maximum absolute atomic E-state index is 11.9. The first-order valence-corrected chi connectivity index (χ1v) is 7.81. The molecular formula is C11H20N4O2S. The first-order valence-electron chi connectivity index (χ1n) is 6.32. The average Bonchev–Trinajstić information content (AvgIpc) is 2.92. The second kappa shape index (κ2) is 5.81. The zero-order chi connectivity index (χ0) is 13.0. The standard InChI is InChI=1S/C11H20N4O2S/c1-2-15-5-3-10(4-6-15)7-14-18(16,17)11-8-12-13-9-11/h8-10,14H,2-7H2,1H3,(H,12,13). The van der Waals surface area contributed by atoms with Crippen molar-refractivity contribution in [2.45, 2.75) is 24.7 Å². The summed E-state index contributed by atoms with van der Waals surface area (Å²) in [7, 11) is -3.39. The van der Waals surface area contributed by atoms with Gasteiger partial charge in [0, 0.05) is 12.7 Å². The van der Waals surface area contributed by atoms with Crippen LogP contribution in [0.25, 0.3) is 0 Å². The zero-order valence-electron chi connectivity index (χ0n) is 10.6. The van der Waals surface area contributed by atoms with Gasteiger partial charge in [-0.1, -0.05) is 6.92 Å². The number of hydrogen-bond donors (Lipinski definition) is 2. The monoisotopic (exact) mass is 272 g/mol. The highest BCUT2D eigenvalue weighted by Gasteiger charge is 2.21. The minimum Gasteiger partial charge on any atom is -0.304 e. The van der Waals surface area contributed by atoms with Crippen molar-refractivity contribution in [3.05, 3.63) is 12.4 Å². The minimum absolute atomic E-state index is 0.202. The number of rotatable bonds is 5. The molecule has 0 aromatic carbocycles. The van der Waals surface area contributed by atoms with Crippen molar-refractivity contribution in [1.82, 2.24) is 19.8 Å².